The highest BCUT2D eigenvalue weighted by Crippen LogP contribution is 2.40. The summed E-state index contributed by atoms with van der Waals surface area (Å²) in [5, 5.41) is 0. The van der Waals surface area contributed by atoms with Crippen LogP contribution in [0.15, 0.2) is 60.7 Å². The maximum Gasteiger partial charge on any atom is 0.228 e. The van der Waals surface area contributed by atoms with Gasteiger partial charge in [-0.2, -0.15) is 0 Å². The maximum absolute atomic E-state index is 12.1. The van der Waals surface area contributed by atoms with E-state index in [1.165, 1.54) is 11.1 Å². The quantitative estimate of drug-likeness (QED) is 0.766. The van der Waals surface area contributed by atoms with Crippen molar-refractivity contribution >= 4 is 5.91 Å². The summed E-state index contributed by atoms with van der Waals surface area (Å²) in [5.41, 5.74) is 2.41. The summed E-state index contributed by atoms with van der Waals surface area (Å²) in [6, 6.07) is 20.7. The SMILES string of the molecule is C[C@H]1C(=O)N(Cc2ccccc2)[C@H]1c1ccccc1. The minimum atomic E-state index is 0.0890. The van der Waals surface area contributed by atoms with Crippen LogP contribution in [-0.4, -0.2) is 10.8 Å². The summed E-state index contributed by atoms with van der Waals surface area (Å²) in [6.07, 6.45) is 0. The third-order valence-corrected chi connectivity index (χ3v) is 3.82. The van der Waals surface area contributed by atoms with Crippen LogP contribution < -0.4 is 0 Å². The molecule has 3 rings (SSSR count). The number of amides is 1. The summed E-state index contributed by atoms with van der Waals surface area (Å²) in [4.78, 5) is 14.0. The van der Waals surface area contributed by atoms with E-state index >= 15 is 0 Å². The Hall–Kier alpha value is -2.09. The molecule has 19 heavy (non-hydrogen) atoms. The Morgan fingerprint density at radius 3 is 2.16 bits per heavy atom. The van der Waals surface area contributed by atoms with Crippen molar-refractivity contribution in [3.05, 3.63) is 71.8 Å². The smallest absolute Gasteiger partial charge is 0.228 e. The molecular formula is C17H17NO. The zero-order valence-corrected chi connectivity index (χ0v) is 11.0. The Balaban J connectivity index is 1.82. The number of β-lactam (4-membered cyclic amide) rings is 1. The second-order valence-electron chi connectivity index (χ2n) is 5.10. The van der Waals surface area contributed by atoms with Crippen LogP contribution in [0.2, 0.25) is 0 Å². The van der Waals surface area contributed by atoms with Crippen molar-refractivity contribution in [1.29, 1.82) is 0 Å². The number of carbonyl (C=O) groups is 1. The normalized spacial score (nSPS) is 22.2. The summed E-state index contributed by atoms with van der Waals surface area (Å²) >= 11 is 0. The molecule has 1 aliphatic heterocycles. The molecule has 0 spiro atoms. The van der Waals surface area contributed by atoms with Crippen molar-refractivity contribution in [3.8, 4) is 0 Å². The van der Waals surface area contributed by atoms with Gasteiger partial charge in [-0.05, 0) is 11.1 Å². The molecule has 2 nitrogen and oxygen atoms in total. The zero-order valence-electron chi connectivity index (χ0n) is 11.0. The van der Waals surface area contributed by atoms with E-state index in [1.54, 1.807) is 0 Å². The van der Waals surface area contributed by atoms with Gasteiger partial charge >= 0.3 is 0 Å². The van der Waals surface area contributed by atoms with Crippen LogP contribution in [0, 0.1) is 5.92 Å². The van der Waals surface area contributed by atoms with Crippen LogP contribution in [0.5, 0.6) is 0 Å². The molecule has 0 aliphatic carbocycles. The molecule has 1 fully saturated rings. The van der Waals surface area contributed by atoms with Gasteiger partial charge < -0.3 is 4.90 Å². The predicted octanol–water partition coefficient (Wildman–Crippen LogP) is 3.41. The first-order chi connectivity index (χ1) is 9.27. The molecule has 1 saturated heterocycles. The van der Waals surface area contributed by atoms with Gasteiger partial charge in [-0.15, -0.1) is 0 Å². The molecule has 1 amide bonds. The predicted molar refractivity (Wildman–Crippen MR) is 75.3 cm³/mol. The summed E-state index contributed by atoms with van der Waals surface area (Å²) in [6.45, 7) is 2.71. The van der Waals surface area contributed by atoms with E-state index in [0.717, 1.165) is 0 Å². The largest absolute Gasteiger partial charge is 0.330 e. The van der Waals surface area contributed by atoms with Crippen molar-refractivity contribution in [2.75, 3.05) is 0 Å². The molecule has 0 bridgehead atoms. The van der Waals surface area contributed by atoms with Crippen molar-refractivity contribution in [3.63, 3.8) is 0 Å². The molecule has 0 aromatic heterocycles. The molecule has 2 heteroatoms. The molecule has 96 valence electrons. The lowest BCUT2D eigenvalue weighted by atomic mass is 9.83. The molecule has 1 aliphatic rings. The Bertz CT molecular complexity index is 564. The second-order valence-corrected chi connectivity index (χ2v) is 5.10. The van der Waals surface area contributed by atoms with Gasteiger partial charge in [0.1, 0.15) is 0 Å². The summed E-state index contributed by atoms with van der Waals surface area (Å²) < 4.78 is 0. The van der Waals surface area contributed by atoms with E-state index < -0.39 is 0 Å². The van der Waals surface area contributed by atoms with Gasteiger partial charge in [0, 0.05) is 6.54 Å². The summed E-state index contributed by atoms with van der Waals surface area (Å²) in [7, 11) is 0. The Labute approximate surface area is 113 Å². The zero-order chi connectivity index (χ0) is 13.2. The van der Waals surface area contributed by atoms with Crippen molar-refractivity contribution < 1.29 is 4.79 Å². The molecule has 0 unspecified atom stereocenters. The van der Waals surface area contributed by atoms with E-state index in [9.17, 15) is 4.79 Å². The minimum Gasteiger partial charge on any atom is -0.330 e. The highest BCUT2D eigenvalue weighted by molar-refractivity contribution is 5.86. The fraction of sp³-hybridized carbons (Fsp3) is 0.235. The van der Waals surface area contributed by atoms with E-state index in [0.29, 0.717) is 6.54 Å². The van der Waals surface area contributed by atoms with Crippen LogP contribution in [0.3, 0.4) is 0 Å². The number of benzene rings is 2. The molecule has 0 radical (unpaired) electrons. The first-order valence-corrected chi connectivity index (χ1v) is 6.67. The van der Waals surface area contributed by atoms with Gasteiger partial charge in [-0.25, -0.2) is 0 Å². The monoisotopic (exact) mass is 251 g/mol. The van der Waals surface area contributed by atoms with Crippen LogP contribution >= 0.6 is 0 Å². The standard InChI is InChI=1S/C17H17NO/c1-13-16(15-10-6-3-7-11-15)18(17(13)19)12-14-8-4-2-5-9-14/h2-11,13,16H,12H2,1H3/t13-,16-/m1/s1. The number of likely N-dealkylation sites (tertiary alicyclic amines) is 1. The van der Waals surface area contributed by atoms with Gasteiger partial charge in [0.2, 0.25) is 5.91 Å². The van der Waals surface area contributed by atoms with Crippen LogP contribution in [-0.2, 0) is 11.3 Å². The molecule has 2 atom stereocenters. The lowest BCUT2D eigenvalue weighted by molar-refractivity contribution is -0.156. The topological polar surface area (TPSA) is 20.3 Å². The molecule has 0 saturated carbocycles. The fourth-order valence-electron chi connectivity index (χ4n) is 2.80. The Morgan fingerprint density at radius 2 is 1.53 bits per heavy atom. The molecule has 0 N–H and O–H groups in total. The summed E-state index contributed by atoms with van der Waals surface area (Å²) in [5.74, 6) is 0.337. The van der Waals surface area contributed by atoms with E-state index in [4.69, 9.17) is 0 Å². The number of carbonyl (C=O) groups excluding carboxylic acids is 1. The third-order valence-electron chi connectivity index (χ3n) is 3.82. The second kappa shape index (κ2) is 4.88. The molecule has 1 heterocycles. The van der Waals surface area contributed by atoms with Gasteiger partial charge in [-0.1, -0.05) is 67.6 Å². The fourth-order valence-corrected chi connectivity index (χ4v) is 2.80. The van der Waals surface area contributed by atoms with Gasteiger partial charge in [0.25, 0.3) is 0 Å². The number of rotatable bonds is 3. The van der Waals surface area contributed by atoms with Crippen molar-refractivity contribution in [2.45, 2.75) is 19.5 Å². The molecule has 2 aromatic carbocycles. The minimum absolute atomic E-state index is 0.0890. The van der Waals surface area contributed by atoms with E-state index in [1.807, 2.05) is 48.2 Å². The highest BCUT2D eigenvalue weighted by Gasteiger charge is 2.44. The molecular weight excluding hydrogens is 234 g/mol. The highest BCUT2D eigenvalue weighted by atomic mass is 16.2. The third kappa shape index (κ3) is 2.14. The first kappa shape index (κ1) is 12.0. The number of nitrogens with zero attached hydrogens (tertiary/aromatic N) is 1. The van der Waals surface area contributed by atoms with Gasteiger partial charge in [-0.3, -0.25) is 4.79 Å². The lowest BCUT2D eigenvalue weighted by Crippen LogP contribution is -2.52. The molecule has 2 aromatic rings. The van der Waals surface area contributed by atoms with Crippen LogP contribution in [0.1, 0.15) is 24.1 Å². The van der Waals surface area contributed by atoms with E-state index in [-0.39, 0.29) is 17.9 Å². The lowest BCUT2D eigenvalue weighted by Gasteiger charge is -2.46. The average Bonchev–Trinajstić information content (AvgIpc) is 2.48. The average molecular weight is 251 g/mol. The number of hydrogen-bond acceptors (Lipinski definition) is 1. The van der Waals surface area contributed by atoms with E-state index in [2.05, 4.69) is 24.3 Å². The Morgan fingerprint density at radius 1 is 0.947 bits per heavy atom. The maximum atomic E-state index is 12.1. The van der Waals surface area contributed by atoms with Gasteiger partial charge in [0.15, 0.2) is 0 Å². The number of hydrogen-bond donors (Lipinski definition) is 0. The van der Waals surface area contributed by atoms with Crippen molar-refractivity contribution in [1.82, 2.24) is 4.90 Å². The van der Waals surface area contributed by atoms with Gasteiger partial charge in [0.05, 0.1) is 12.0 Å². The van der Waals surface area contributed by atoms with Crippen LogP contribution in [0.25, 0.3) is 0 Å². The Kier molecular flexibility index (Phi) is 3.08. The van der Waals surface area contributed by atoms with Crippen molar-refractivity contribution in [2.24, 2.45) is 5.92 Å². The van der Waals surface area contributed by atoms with Crippen LogP contribution in [0.4, 0.5) is 0 Å². The first-order valence-electron chi connectivity index (χ1n) is 6.67.